The lowest BCUT2D eigenvalue weighted by Crippen LogP contribution is -1.97. The van der Waals surface area contributed by atoms with Gasteiger partial charge in [0.05, 0.1) is 12.8 Å². The van der Waals surface area contributed by atoms with Crippen LogP contribution in [0.25, 0.3) is 0 Å². The third-order valence-corrected chi connectivity index (χ3v) is 3.52. The van der Waals surface area contributed by atoms with Crippen molar-refractivity contribution in [2.24, 2.45) is 4.99 Å². The summed E-state index contributed by atoms with van der Waals surface area (Å²) in [7, 11) is 1.56. The third-order valence-electron chi connectivity index (χ3n) is 3.52. The van der Waals surface area contributed by atoms with Gasteiger partial charge in [0.25, 0.3) is 0 Å². The summed E-state index contributed by atoms with van der Waals surface area (Å²) in [6.45, 7) is 20.0. The standard InChI is InChI=1S/C20H25NO/c1-8-19-16(5)12-14(3)10-11-18(19)13-15(4)17(6)21-20(9-2)22-7/h9-11,13H,2-3,5-6,8,12H2,1,4,7H3. The van der Waals surface area contributed by atoms with Crippen molar-refractivity contribution in [1.82, 2.24) is 0 Å². The number of methoxy groups -OCH3 is 1. The Hall–Kier alpha value is -2.35. The lowest BCUT2D eigenvalue weighted by Gasteiger charge is -2.10. The van der Waals surface area contributed by atoms with Gasteiger partial charge >= 0.3 is 0 Å². The van der Waals surface area contributed by atoms with Crippen LogP contribution in [0.5, 0.6) is 0 Å². The highest BCUT2D eigenvalue weighted by Gasteiger charge is 2.10. The van der Waals surface area contributed by atoms with Gasteiger partial charge in [-0.15, -0.1) is 0 Å². The Kier molecular flexibility index (Phi) is 6.58. The first-order valence-electron chi connectivity index (χ1n) is 7.32. The fraction of sp³-hybridized carbons (Fsp3) is 0.250. The van der Waals surface area contributed by atoms with Crippen LogP contribution in [0.15, 0.2) is 89.2 Å². The highest BCUT2D eigenvalue weighted by molar-refractivity contribution is 5.88. The Morgan fingerprint density at radius 2 is 2.05 bits per heavy atom. The molecule has 0 aromatic carbocycles. The number of nitrogens with zero attached hydrogens (tertiary/aromatic N) is 1. The molecule has 0 aromatic heterocycles. The van der Waals surface area contributed by atoms with Crippen LogP contribution < -0.4 is 0 Å². The Balaban J connectivity index is 3.21. The average Bonchev–Trinajstić information content (AvgIpc) is 2.62. The molecule has 116 valence electrons. The van der Waals surface area contributed by atoms with Crippen molar-refractivity contribution in [2.75, 3.05) is 7.11 Å². The molecule has 2 heteroatoms. The highest BCUT2D eigenvalue weighted by Crippen LogP contribution is 2.29. The summed E-state index contributed by atoms with van der Waals surface area (Å²) in [5.41, 5.74) is 6.21. The quantitative estimate of drug-likeness (QED) is 0.375. The van der Waals surface area contributed by atoms with Crippen LogP contribution in [-0.2, 0) is 4.74 Å². The summed E-state index contributed by atoms with van der Waals surface area (Å²) < 4.78 is 5.10. The minimum atomic E-state index is 0.455. The zero-order chi connectivity index (χ0) is 16.7. The second-order valence-electron chi connectivity index (χ2n) is 5.19. The second kappa shape index (κ2) is 8.18. The van der Waals surface area contributed by atoms with Crippen LogP contribution in [-0.4, -0.2) is 13.0 Å². The number of allylic oxidation sites excluding steroid dienone is 8. The zero-order valence-electron chi connectivity index (χ0n) is 13.9. The van der Waals surface area contributed by atoms with Crippen molar-refractivity contribution in [1.29, 1.82) is 0 Å². The van der Waals surface area contributed by atoms with E-state index < -0.39 is 0 Å². The molecule has 22 heavy (non-hydrogen) atoms. The molecule has 0 saturated carbocycles. The van der Waals surface area contributed by atoms with E-state index in [0.717, 1.165) is 35.1 Å². The average molecular weight is 295 g/mol. The molecule has 0 bridgehead atoms. The first kappa shape index (κ1) is 17.7. The summed E-state index contributed by atoms with van der Waals surface area (Å²) in [6.07, 6.45) is 9.53. The van der Waals surface area contributed by atoms with Gasteiger partial charge in [-0.05, 0) is 54.2 Å². The molecule has 0 spiro atoms. The van der Waals surface area contributed by atoms with Gasteiger partial charge in [0.15, 0.2) is 0 Å². The molecule has 0 heterocycles. The van der Waals surface area contributed by atoms with E-state index in [2.05, 4.69) is 50.4 Å². The minimum Gasteiger partial charge on any atom is -0.481 e. The Morgan fingerprint density at radius 1 is 1.36 bits per heavy atom. The van der Waals surface area contributed by atoms with E-state index >= 15 is 0 Å². The topological polar surface area (TPSA) is 21.6 Å². The van der Waals surface area contributed by atoms with Gasteiger partial charge in [-0.3, -0.25) is 0 Å². The molecule has 0 N–H and O–H groups in total. The molecule has 0 unspecified atom stereocenters. The first-order chi connectivity index (χ1) is 10.4. The second-order valence-corrected chi connectivity index (χ2v) is 5.19. The predicted octanol–water partition coefficient (Wildman–Crippen LogP) is 5.46. The van der Waals surface area contributed by atoms with Gasteiger partial charge in [-0.1, -0.05) is 51.0 Å². The van der Waals surface area contributed by atoms with Gasteiger partial charge in [0, 0.05) is 0 Å². The molecule has 0 atom stereocenters. The van der Waals surface area contributed by atoms with E-state index in [9.17, 15) is 0 Å². The van der Waals surface area contributed by atoms with Gasteiger partial charge in [-0.25, -0.2) is 4.99 Å². The smallest absolute Gasteiger partial charge is 0.212 e. The van der Waals surface area contributed by atoms with E-state index in [1.807, 2.05) is 13.0 Å². The van der Waals surface area contributed by atoms with Crippen LogP contribution in [0.1, 0.15) is 26.7 Å². The van der Waals surface area contributed by atoms with Crippen molar-refractivity contribution >= 4 is 5.90 Å². The maximum absolute atomic E-state index is 5.10. The van der Waals surface area contributed by atoms with Crippen LogP contribution in [0.3, 0.4) is 0 Å². The molecule has 2 nitrogen and oxygen atoms in total. The highest BCUT2D eigenvalue weighted by atomic mass is 16.5. The number of hydrogen-bond donors (Lipinski definition) is 0. The number of aliphatic imine (C=N–C) groups is 1. The van der Waals surface area contributed by atoms with E-state index in [0.29, 0.717) is 11.6 Å². The fourth-order valence-electron chi connectivity index (χ4n) is 2.25. The summed E-state index contributed by atoms with van der Waals surface area (Å²) in [6, 6.07) is 0. The molecular formula is C20H25NO. The minimum absolute atomic E-state index is 0.455. The van der Waals surface area contributed by atoms with Gasteiger partial charge in [-0.2, -0.15) is 0 Å². The molecule has 0 saturated heterocycles. The van der Waals surface area contributed by atoms with Crippen LogP contribution in [0.4, 0.5) is 0 Å². The zero-order valence-corrected chi connectivity index (χ0v) is 13.9. The molecular weight excluding hydrogens is 270 g/mol. The Bertz CT molecular complexity index is 624. The first-order valence-corrected chi connectivity index (χ1v) is 7.32. The molecule has 0 aliphatic heterocycles. The van der Waals surface area contributed by atoms with E-state index in [-0.39, 0.29) is 0 Å². The van der Waals surface area contributed by atoms with Crippen LogP contribution >= 0.6 is 0 Å². The maximum Gasteiger partial charge on any atom is 0.212 e. The van der Waals surface area contributed by atoms with Crippen molar-refractivity contribution < 1.29 is 4.74 Å². The third kappa shape index (κ3) is 4.59. The molecule has 0 amide bonds. The molecule has 0 aromatic rings. The summed E-state index contributed by atoms with van der Waals surface area (Å²) >= 11 is 0. The molecule has 0 fully saturated rings. The monoisotopic (exact) mass is 295 g/mol. The molecule has 1 aliphatic carbocycles. The lowest BCUT2D eigenvalue weighted by molar-refractivity contribution is 0.406. The van der Waals surface area contributed by atoms with Crippen LogP contribution in [0, 0.1) is 0 Å². The molecule has 1 rings (SSSR count). The maximum atomic E-state index is 5.10. The van der Waals surface area contributed by atoms with Crippen molar-refractivity contribution in [3.8, 4) is 0 Å². The van der Waals surface area contributed by atoms with Gasteiger partial charge in [0.2, 0.25) is 5.90 Å². The van der Waals surface area contributed by atoms with Gasteiger partial charge in [0.1, 0.15) is 0 Å². The summed E-state index contributed by atoms with van der Waals surface area (Å²) in [5, 5.41) is 0. The van der Waals surface area contributed by atoms with E-state index in [1.165, 1.54) is 5.57 Å². The van der Waals surface area contributed by atoms with Crippen molar-refractivity contribution in [2.45, 2.75) is 26.7 Å². The Morgan fingerprint density at radius 3 is 2.59 bits per heavy atom. The predicted molar refractivity (Wildman–Crippen MR) is 96.9 cm³/mol. The van der Waals surface area contributed by atoms with E-state index in [1.54, 1.807) is 13.2 Å². The summed E-state index contributed by atoms with van der Waals surface area (Å²) in [5.74, 6) is 0.455. The number of rotatable bonds is 5. The van der Waals surface area contributed by atoms with Gasteiger partial charge < -0.3 is 4.74 Å². The number of ether oxygens (including phenoxy) is 1. The number of hydrogen-bond acceptors (Lipinski definition) is 2. The Labute approximate surface area is 134 Å². The normalized spacial score (nSPS) is 16.7. The fourth-order valence-corrected chi connectivity index (χ4v) is 2.25. The summed E-state index contributed by atoms with van der Waals surface area (Å²) in [4.78, 5) is 4.31. The van der Waals surface area contributed by atoms with E-state index in [4.69, 9.17) is 4.74 Å². The lowest BCUT2D eigenvalue weighted by atomic mass is 9.95. The van der Waals surface area contributed by atoms with Crippen molar-refractivity contribution in [3.05, 3.63) is 84.2 Å². The largest absolute Gasteiger partial charge is 0.481 e. The molecule has 1 aliphatic rings. The van der Waals surface area contributed by atoms with Crippen LogP contribution in [0.2, 0.25) is 0 Å². The SMILES string of the molecule is C=CC(=NC(=C)C(C)=CC1=C(CC)C(=C)CC(=C)C=C1)OC. The van der Waals surface area contributed by atoms with Crippen molar-refractivity contribution in [3.63, 3.8) is 0 Å². The molecule has 0 radical (unpaired) electrons.